The number of alkyl halides is 3. The molecule has 1 fully saturated rings. The summed E-state index contributed by atoms with van der Waals surface area (Å²) in [6, 6.07) is 8.02. The average Bonchev–Trinajstić information content (AvgIpc) is 2.41. The van der Waals surface area contributed by atoms with Gasteiger partial charge in [0.15, 0.2) is 0 Å². The quantitative estimate of drug-likeness (QED) is 0.869. The molecule has 0 amide bonds. The third-order valence-electron chi connectivity index (χ3n) is 3.43. The van der Waals surface area contributed by atoms with Crippen LogP contribution in [0.15, 0.2) is 30.3 Å². The Hall–Kier alpha value is -1.56. The Morgan fingerprint density at radius 3 is 2.60 bits per heavy atom. The van der Waals surface area contributed by atoms with Crippen molar-refractivity contribution in [3.05, 3.63) is 35.9 Å². The molecule has 20 heavy (non-hydrogen) atoms. The van der Waals surface area contributed by atoms with Crippen LogP contribution in [0.2, 0.25) is 0 Å². The molecule has 0 saturated carbocycles. The highest BCUT2D eigenvalue weighted by atomic mass is 19.4. The fraction of sp³-hybridized carbons (Fsp3) is 0.500. The zero-order chi connectivity index (χ0) is 14.8. The second kappa shape index (κ2) is 5.83. The predicted octanol–water partition coefficient (Wildman–Crippen LogP) is 2.83. The number of halogens is 3. The molecule has 1 aliphatic rings. The summed E-state index contributed by atoms with van der Waals surface area (Å²) in [5, 5.41) is 2.95. The Morgan fingerprint density at radius 2 is 2.00 bits per heavy atom. The molecule has 1 saturated heterocycles. The van der Waals surface area contributed by atoms with Crippen molar-refractivity contribution in [2.75, 3.05) is 6.61 Å². The van der Waals surface area contributed by atoms with Crippen LogP contribution < -0.4 is 5.32 Å². The third-order valence-corrected chi connectivity index (χ3v) is 3.43. The lowest BCUT2D eigenvalue weighted by Crippen LogP contribution is -2.49. The summed E-state index contributed by atoms with van der Waals surface area (Å²) in [6.45, 7) is 1.21. The van der Waals surface area contributed by atoms with Crippen LogP contribution in [0, 0.1) is 5.92 Å². The standard InChI is InChI=1S/C14H16F3NO2/c1-9(14(15,16)17)7-11-13(19)20-8-12(18-11)10-5-3-2-4-6-10/h2-6,9,11-12,18H,7-8H2,1H3/t9-,11+,12+/m0/s1. The molecule has 2 rings (SSSR count). The van der Waals surface area contributed by atoms with E-state index in [1.165, 1.54) is 0 Å². The summed E-state index contributed by atoms with van der Waals surface area (Å²) in [6.07, 6.45) is -4.62. The number of benzene rings is 1. The molecular formula is C14H16F3NO2. The van der Waals surface area contributed by atoms with Crippen LogP contribution in [-0.2, 0) is 9.53 Å². The van der Waals surface area contributed by atoms with Gasteiger partial charge in [-0.25, -0.2) is 0 Å². The maximum atomic E-state index is 12.6. The first kappa shape index (κ1) is 14.8. The molecule has 1 aromatic carbocycles. The van der Waals surface area contributed by atoms with Gasteiger partial charge in [0.2, 0.25) is 0 Å². The molecule has 3 nitrogen and oxygen atoms in total. The van der Waals surface area contributed by atoms with Crippen molar-refractivity contribution in [1.29, 1.82) is 0 Å². The fourth-order valence-corrected chi connectivity index (χ4v) is 2.15. The minimum atomic E-state index is -4.30. The molecule has 0 radical (unpaired) electrons. The molecule has 0 aromatic heterocycles. The third kappa shape index (κ3) is 3.50. The van der Waals surface area contributed by atoms with Crippen LogP contribution in [0.3, 0.4) is 0 Å². The van der Waals surface area contributed by atoms with Crippen LogP contribution in [0.5, 0.6) is 0 Å². The van der Waals surface area contributed by atoms with E-state index in [1.54, 1.807) is 0 Å². The van der Waals surface area contributed by atoms with Crippen LogP contribution in [0.25, 0.3) is 0 Å². The van der Waals surface area contributed by atoms with Crippen molar-refractivity contribution in [3.63, 3.8) is 0 Å². The zero-order valence-corrected chi connectivity index (χ0v) is 11.0. The number of carbonyl (C=O) groups excluding carboxylic acids is 1. The van der Waals surface area contributed by atoms with E-state index in [0.29, 0.717) is 0 Å². The van der Waals surface area contributed by atoms with Gasteiger partial charge in [0, 0.05) is 0 Å². The minimum absolute atomic E-state index is 0.139. The Bertz CT molecular complexity index is 461. The molecule has 1 aliphatic heterocycles. The SMILES string of the molecule is C[C@@H](C[C@H]1N[C@@H](c2ccccc2)COC1=O)C(F)(F)F. The molecule has 1 aromatic rings. The second-order valence-corrected chi connectivity index (χ2v) is 4.99. The first-order valence-corrected chi connectivity index (χ1v) is 6.42. The lowest BCUT2D eigenvalue weighted by Gasteiger charge is -2.32. The molecule has 0 aliphatic carbocycles. The maximum Gasteiger partial charge on any atom is 0.391 e. The van der Waals surface area contributed by atoms with Crippen molar-refractivity contribution < 1.29 is 22.7 Å². The summed E-state index contributed by atoms with van der Waals surface area (Å²) in [4.78, 5) is 11.6. The summed E-state index contributed by atoms with van der Waals surface area (Å²) in [5.41, 5.74) is 0.893. The highest BCUT2D eigenvalue weighted by Crippen LogP contribution is 2.31. The summed E-state index contributed by atoms with van der Waals surface area (Å²) >= 11 is 0. The van der Waals surface area contributed by atoms with E-state index in [0.717, 1.165) is 12.5 Å². The van der Waals surface area contributed by atoms with E-state index >= 15 is 0 Å². The molecule has 0 unspecified atom stereocenters. The lowest BCUT2D eigenvalue weighted by molar-refractivity contribution is -0.177. The highest BCUT2D eigenvalue weighted by Gasteiger charge is 2.40. The normalized spacial score (nSPS) is 25.1. The summed E-state index contributed by atoms with van der Waals surface area (Å²) < 4.78 is 42.7. The van der Waals surface area contributed by atoms with E-state index in [2.05, 4.69) is 5.32 Å². The number of esters is 1. The lowest BCUT2D eigenvalue weighted by atomic mass is 9.98. The molecule has 1 heterocycles. The van der Waals surface area contributed by atoms with Crippen LogP contribution in [0.1, 0.15) is 24.9 Å². The first-order valence-electron chi connectivity index (χ1n) is 6.42. The van der Waals surface area contributed by atoms with Crippen molar-refractivity contribution in [2.45, 2.75) is 31.6 Å². The zero-order valence-electron chi connectivity index (χ0n) is 11.0. The molecular weight excluding hydrogens is 271 g/mol. The van der Waals surface area contributed by atoms with E-state index < -0.39 is 24.1 Å². The van der Waals surface area contributed by atoms with Crippen molar-refractivity contribution in [1.82, 2.24) is 5.32 Å². The first-order chi connectivity index (χ1) is 9.38. The van der Waals surface area contributed by atoms with Gasteiger partial charge < -0.3 is 4.74 Å². The highest BCUT2D eigenvalue weighted by molar-refractivity contribution is 5.76. The predicted molar refractivity (Wildman–Crippen MR) is 66.9 cm³/mol. The van der Waals surface area contributed by atoms with Gasteiger partial charge in [-0.2, -0.15) is 13.2 Å². The van der Waals surface area contributed by atoms with Gasteiger partial charge in [0.1, 0.15) is 12.6 Å². The maximum absolute atomic E-state index is 12.6. The second-order valence-electron chi connectivity index (χ2n) is 4.99. The number of morpholine rings is 1. The van der Waals surface area contributed by atoms with E-state index in [4.69, 9.17) is 4.74 Å². The number of hydrogen-bond donors (Lipinski definition) is 1. The number of nitrogens with one attached hydrogen (secondary N) is 1. The minimum Gasteiger partial charge on any atom is -0.462 e. The number of cyclic esters (lactones) is 1. The summed E-state index contributed by atoms with van der Waals surface area (Å²) in [7, 11) is 0. The Labute approximate surface area is 115 Å². The van der Waals surface area contributed by atoms with Gasteiger partial charge in [-0.1, -0.05) is 37.3 Å². The number of rotatable bonds is 3. The van der Waals surface area contributed by atoms with Crippen LogP contribution >= 0.6 is 0 Å². The summed E-state index contributed by atoms with van der Waals surface area (Å²) in [5.74, 6) is -2.17. The van der Waals surface area contributed by atoms with Crippen molar-refractivity contribution in [3.8, 4) is 0 Å². The molecule has 110 valence electrons. The molecule has 0 spiro atoms. The Morgan fingerprint density at radius 1 is 1.35 bits per heavy atom. The number of ether oxygens (including phenoxy) is 1. The largest absolute Gasteiger partial charge is 0.462 e. The van der Waals surface area contributed by atoms with Gasteiger partial charge in [0.25, 0.3) is 0 Å². The van der Waals surface area contributed by atoms with Crippen molar-refractivity contribution >= 4 is 5.97 Å². The van der Waals surface area contributed by atoms with Gasteiger partial charge >= 0.3 is 12.1 Å². The average molecular weight is 287 g/mol. The van der Waals surface area contributed by atoms with Crippen LogP contribution in [-0.4, -0.2) is 24.8 Å². The number of carbonyl (C=O) groups is 1. The van der Waals surface area contributed by atoms with Gasteiger partial charge in [-0.15, -0.1) is 0 Å². The monoisotopic (exact) mass is 287 g/mol. The molecule has 3 atom stereocenters. The Balaban J connectivity index is 2.04. The molecule has 6 heteroatoms. The van der Waals surface area contributed by atoms with Gasteiger partial charge in [0.05, 0.1) is 12.0 Å². The number of hydrogen-bond acceptors (Lipinski definition) is 3. The van der Waals surface area contributed by atoms with E-state index in [9.17, 15) is 18.0 Å². The van der Waals surface area contributed by atoms with E-state index in [1.807, 2.05) is 30.3 Å². The van der Waals surface area contributed by atoms with Gasteiger partial charge in [-0.05, 0) is 12.0 Å². The molecule has 0 bridgehead atoms. The van der Waals surface area contributed by atoms with E-state index in [-0.39, 0.29) is 19.1 Å². The van der Waals surface area contributed by atoms with Crippen molar-refractivity contribution in [2.24, 2.45) is 5.92 Å². The smallest absolute Gasteiger partial charge is 0.391 e. The topological polar surface area (TPSA) is 38.3 Å². The fourth-order valence-electron chi connectivity index (χ4n) is 2.15. The Kier molecular flexibility index (Phi) is 4.32. The van der Waals surface area contributed by atoms with Crippen LogP contribution in [0.4, 0.5) is 13.2 Å². The molecule has 1 N–H and O–H groups in total. The van der Waals surface area contributed by atoms with Gasteiger partial charge in [-0.3, -0.25) is 10.1 Å².